The molecule has 3 rings (SSSR count). The van der Waals surface area contributed by atoms with Crippen LogP contribution in [-0.4, -0.2) is 56.9 Å². The molecule has 2 heterocycles. The van der Waals surface area contributed by atoms with Gasteiger partial charge >= 0.3 is 0 Å². The number of rotatable bonds is 10. The number of halogens is 2. The fourth-order valence-electron chi connectivity index (χ4n) is 3.49. The van der Waals surface area contributed by atoms with Crippen molar-refractivity contribution in [2.45, 2.75) is 32.4 Å². The smallest absolute Gasteiger partial charge is 0.191 e. The van der Waals surface area contributed by atoms with E-state index in [2.05, 4.69) is 33.5 Å². The second-order valence-electron chi connectivity index (χ2n) is 7.42. The summed E-state index contributed by atoms with van der Waals surface area (Å²) in [6, 6.07) is 12.1. The number of nitrogens with one attached hydrogen (secondary N) is 2. The number of benzene rings is 1. The molecule has 176 valence electrons. The van der Waals surface area contributed by atoms with Crippen molar-refractivity contribution in [1.29, 1.82) is 0 Å². The molecule has 1 aromatic carbocycles. The number of methoxy groups -OCH3 is 1. The fourth-order valence-corrected chi connectivity index (χ4v) is 3.73. The number of ether oxygens (including phenoxy) is 2. The molecule has 0 spiro atoms. The van der Waals surface area contributed by atoms with E-state index in [0.29, 0.717) is 24.8 Å². The minimum absolute atomic E-state index is 0. The minimum atomic E-state index is 0. The van der Waals surface area contributed by atoms with Crippen molar-refractivity contribution in [3.05, 3.63) is 53.2 Å². The number of guanidine groups is 1. The maximum atomic E-state index is 6.31. The molecule has 2 N–H and O–H groups in total. The highest BCUT2D eigenvalue weighted by atomic mass is 127. The summed E-state index contributed by atoms with van der Waals surface area (Å²) in [4.78, 5) is 11.4. The molecule has 1 aliphatic rings. The molecule has 1 saturated heterocycles. The van der Waals surface area contributed by atoms with Gasteiger partial charge in [-0.3, -0.25) is 0 Å². The molecular weight excluding hydrogens is 541 g/mol. The van der Waals surface area contributed by atoms with Gasteiger partial charge in [0.15, 0.2) is 5.96 Å². The van der Waals surface area contributed by atoms with Crippen LogP contribution in [0.1, 0.15) is 25.3 Å². The van der Waals surface area contributed by atoms with E-state index in [1.54, 1.807) is 13.3 Å². The molecule has 0 radical (unpaired) electrons. The molecule has 1 aliphatic heterocycles. The Morgan fingerprint density at radius 3 is 2.94 bits per heavy atom. The number of aliphatic imine (C=N–C) groups is 1. The summed E-state index contributed by atoms with van der Waals surface area (Å²) in [7, 11) is 1.70. The highest BCUT2D eigenvalue weighted by molar-refractivity contribution is 14.0. The second kappa shape index (κ2) is 14.4. The van der Waals surface area contributed by atoms with Gasteiger partial charge in [0, 0.05) is 52.0 Å². The zero-order valence-corrected chi connectivity index (χ0v) is 21.8. The first-order valence-electron chi connectivity index (χ1n) is 10.8. The molecule has 0 bridgehead atoms. The number of pyridine rings is 1. The maximum absolute atomic E-state index is 6.31. The van der Waals surface area contributed by atoms with Crippen molar-refractivity contribution >= 4 is 47.4 Å². The van der Waals surface area contributed by atoms with Crippen molar-refractivity contribution in [3.8, 4) is 5.75 Å². The number of aromatic nitrogens is 1. The van der Waals surface area contributed by atoms with Crippen molar-refractivity contribution in [2.24, 2.45) is 4.99 Å². The van der Waals surface area contributed by atoms with Crippen LogP contribution in [0.25, 0.3) is 0 Å². The van der Waals surface area contributed by atoms with Gasteiger partial charge in [0.05, 0.1) is 18.2 Å². The molecule has 1 fully saturated rings. The van der Waals surface area contributed by atoms with Crippen molar-refractivity contribution in [2.75, 3.05) is 44.9 Å². The van der Waals surface area contributed by atoms with Crippen LogP contribution in [-0.2, 0) is 11.3 Å². The highest BCUT2D eigenvalue weighted by Gasteiger charge is 2.25. The molecule has 0 aliphatic carbocycles. The zero-order chi connectivity index (χ0) is 21.9. The van der Waals surface area contributed by atoms with Crippen LogP contribution in [0.15, 0.2) is 47.6 Å². The van der Waals surface area contributed by atoms with Crippen LogP contribution in [0.2, 0.25) is 5.02 Å². The summed E-state index contributed by atoms with van der Waals surface area (Å²) >= 11 is 6.31. The van der Waals surface area contributed by atoms with E-state index >= 15 is 0 Å². The Hall–Kier alpha value is -1.78. The largest absolute Gasteiger partial charge is 0.493 e. The van der Waals surface area contributed by atoms with Gasteiger partial charge in [0.25, 0.3) is 0 Å². The number of anilines is 1. The van der Waals surface area contributed by atoms with Crippen LogP contribution in [0.4, 0.5) is 5.82 Å². The van der Waals surface area contributed by atoms with Gasteiger partial charge in [-0.15, -0.1) is 24.0 Å². The van der Waals surface area contributed by atoms with Crippen molar-refractivity contribution < 1.29 is 9.47 Å². The lowest BCUT2D eigenvalue weighted by molar-refractivity contribution is 0.172. The van der Waals surface area contributed by atoms with Crippen LogP contribution in [0, 0.1) is 0 Å². The Balaban J connectivity index is 0.00000363. The van der Waals surface area contributed by atoms with Crippen molar-refractivity contribution in [3.63, 3.8) is 0 Å². The van der Waals surface area contributed by atoms with Gasteiger partial charge in [-0.1, -0.05) is 23.7 Å². The topological polar surface area (TPSA) is 71.0 Å². The van der Waals surface area contributed by atoms with Gasteiger partial charge in [-0.05, 0) is 43.2 Å². The third kappa shape index (κ3) is 8.29. The Kier molecular flexibility index (Phi) is 11.9. The van der Waals surface area contributed by atoms with E-state index in [-0.39, 0.29) is 30.0 Å². The van der Waals surface area contributed by atoms with E-state index in [4.69, 9.17) is 26.1 Å². The summed E-state index contributed by atoms with van der Waals surface area (Å²) in [6.45, 7) is 6.54. The predicted molar refractivity (Wildman–Crippen MR) is 142 cm³/mol. The van der Waals surface area contributed by atoms with Crippen LogP contribution in [0.5, 0.6) is 5.75 Å². The third-order valence-electron chi connectivity index (χ3n) is 4.99. The first-order chi connectivity index (χ1) is 15.2. The van der Waals surface area contributed by atoms with Crippen LogP contribution >= 0.6 is 35.6 Å². The summed E-state index contributed by atoms with van der Waals surface area (Å²) in [5.74, 6) is 2.52. The van der Waals surface area contributed by atoms with Gasteiger partial charge in [0.1, 0.15) is 11.6 Å². The van der Waals surface area contributed by atoms with E-state index in [1.165, 1.54) is 0 Å². The average molecular weight is 574 g/mol. The first-order valence-corrected chi connectivity index (χ1v) is 11.2. The normalized spacial score (nSPS) is 15.9. The van der Waals surface area contributed by atoms with Crippen LogP contribution in [0.3, 0.4) is 0 Å². The number of hydrogen-bond acceptors (Lipinski definition) is 5. The predicted octanol–water partition coefficient (Wildman–Crippen LogP) is 4.10. The highest BCUT2D eigenvalue weighted by Crippen LogP contribution is 2.25. The molecule has 7 nitrogen and oxygen atoms in total. The minimum Gasteiger partial charge on any atom is -0.493 e. The molecule has 1 unspecified atom stereocenters. The lowest BCUT2D eigenvalue weighted by atomic mass is 10.2. The SMILES string of the molecule is CCNC(=NCc1cccc(OCCCOC)c1)NC1CCN(c2ncccc2Cl)C1.I. The van der Waals surface area contributed by atoms with E-state index < -0.39 is 0 Å². The lowest BCUT2D eigenvalue weighted by Gasteiger charge is -2.20. The Bertz CT molecular complexity index is 855. The van der Waals surface area contributed by atoms with E-state index in [9.17, 15) is 0 Å². The molecule has 0 amide bonds. The standard InChI is InChI=1S/C23H32ClN5O2.HI/c1-3-25-23(27-16-18-7-4-8-20(15-18)31-14-6-13-30-2)28-19-10-12-29(17-19)22-21(24)9-5-11-26-22;/h4-5,7-9,11,15,19H,3,6,10,12-14,16-17H2,1-2H3,(H2,25,27,28);1H. The van der Waals surface area contributed by atoms with Gasteiger partial charge in [-0.2, -0.15) is 0 Å². The summed E-state index contributed by atoms with van der Waals surface area (Å²) in [5, 5.41) is 7.58. The summed E-state index contributed by atoms with van der Waals surface area (Å²) < 4.78 is 10.9. The lowest BCUT2D eigenvalue weighted by Crippen LogP contribution is -2.44. The van der Waals surface area contributed by atoms with E-state index in [0.717, 1.165) is 55.6 Å². The van der Waals surface area contributed by atoms with Crippen molar-refractivity contribution in [1.82, 2.24) is 15.6 Å². The van der Waals surface area contributed by atoms with E-state index in [1.807, 2.05) is 30.3 Å². The monoisotopic (exact) mass is 573 g/mol. The Morgan fingerprint density at radius 1 is 1.28 bits per heavy atom. The van der Waals surface area contributed by atoms with Gasteiger partial charge < -0.3 is 25.0 Å². The number of nitrogens with zero attached hydrogens (tertiary/aromatic N) is 3. The second-order valence-corrected chi connectivity index (χ2v) is 7.83. The molecule has 32 heavy (non-hydrogen) atoms. The molecule has 1 atom stereocenters. The van der Waals surface area contributed by atoms with Crippen LogP contribution < -0.4 is 20.3 Å². The fraction of sp³-hybridized carbons (Fsp3) is 0.478. The van der Waals surface area contributed by atoms with Gasteiger partial charge in [0.2, 0.25) is 0 Å². The number of hydrogen-bond donors (Lipinski definition) is 2. The molecule has 1 aromatic heterocycles. The van der Waals surface area contributed by atoms with Gasteiger partial charge in [-0.25, -0.2) is 9.98 Å². The first kappa shape index (κ1) is 26.5. The molecule has 2 aromatic rings. The molecular formula is C23H33ClIN5O2. The Labute approximate surface area is 213 Å². The quantitative estimate of drug-likeness (QED) is 0.193. The zero-order valence-electron chi connectivity index (χ0n) is 18.7. The maximum Gasteiger partial charge on any atom is 0.191 e. The Morgan fingerprint density at radius 2 is 2.16 bits per heavy atom. The molecule has 0 saturated carbocycles. The summed E-state index contributed by atoms with van der Waals surface area (Å²) in [6.07, 6.45) is 3.65. The summed E-state index contributed by atoms with van der Waals surface area (Å²) in [5.41, 5.74) is 1.11. The average Bonchev–Trinajstić information content (AvgIpc) is 3.24. The third-order valence-corrected chi connectivity index (χ3v) is 5.29. The molecule has 9 heteroatoms.